The number of amides is 1. The lowest BCUT2D eigenvalue weighted by atomic mass is 10.2. The summed E-state index contributed by atoms with van der Waals surface area (Å²) in [5, 5.41) is 9.03. The van der Waals surface area contributed by atoms with Gasteiger partial charge in [-0.05, 0) is 11.6 Å². The lowest BCUT2D eigenvalue weighted by Gasteiger charge is -1.93. The van der Waals surface area contributed by atoms with Crippen molar-refractivity contribution in [2.75, 3.05) is 0 Å². The number of carbonyl (C=O) groups is 1. The van der Waals surface area contributed by atoms with Crippen LogP contribution in [0.3, 0.4) is 0 Å². The van der Waals surface area contributed by atoms with Crippen LogP contribution in [0.15, 0.2) is 24.5 Å². The zero-order valence-corrected chi connectivity index (χ0v) is 6.97. The maximum Gasteiger partial charge on any atom is 0.221 e. The van der Waals surface area contributed by atoms with Gasteiger partial charge in [0.25, 0.3) is 0 Å². The molecule has 0 saturated carbocycles. The molecule has 0 fully saturated rings. The molecule has 0 spiro atoms. The standard InChI is InChI=1S/C9H10N2O2/c10-9(13)3-1-2-7-4-8(12)6-11-5-7/h1-2,4-6,12H,3H2,(H2,10,13). The Morgan fingerprint density at radius 2 is 2.38 bits per heavy atom. The number of rotatable bonds is 3. The molecular formula is C9H10N2O2. The van der Waals surface area contributed by atoms with Crippen molar-refractivity contribution in [2.24, 2.45) is 5.73 Å². The molecule has 0 aliphatic carbocycles. The number of nitrogens with zero attached hydrogens (tertiary/aromatic N) is 1. The van der Waals surface area contributed by atoms with E-state index in [4.69, 9.17) is 10.8 Å². The molecule has 0 unspecified atom stereocenters. The molecular weight excluding hydrogens is 168 g/mol. The van der Waals surface area contributed by atoms with Crippen molar-refractivity contribution in [1.29, 1.82) is 0 Å². The van der Waals surface area contributed by atoms with Crippen LogP contribution in [0.1, 0.15) is 12.0 Å². The molecule has 1 aromatic rings. The lowest BCUT2D eigenvalue weighted by Crippen LogP contribution is -2.07. The minimum Gasteiger partial charge on any atom is -0.506 e. The lowest BCUT2D eigenvalue weighted by molar-refractivity contribution is -0.117. The van der Waals surface area contributed by atoms with E-state index in [-0.39, 0.29) is 18.1 Å². The third kappa shape index (κ3) is 3.37. The molecule has 1 heterocycles. The van der Waals surface area contributed by atoms with Crippen LogP contribution in [0.2, 0.25) is 0 Å². The first-order chi connectivity index (χ1) is 6.18. The summed E-state index contributed by atoms with van der Waals surface area (Å²) in [5.74, 6) is -0.286. The molecule has 1 aromatic heterocycles. The molecule has 0 saturated heterocycles. The molecule has 0 radical (unpaired) electrons. The number of hydrogen-bond acceptors (Lipinski definition) is 3. The predicted octanol–water partition coefficient (Wildman–Crippen LogP) is 0.676. The zero-order chi connectivity index (χ0) is 9.68. The zero-order valence-electron chi connectivity index (χ0n) is 6.97. The van der Waals surface area contributed by atoms with Crippen LogP contribution in [0.4, 0.5) is 0 Å². The topological polar surface area (TPSA) is 76.2 Å². The van der Waals surface area contributed by atoms with Gasteiger partial charge in [0.2, 0.25) is 5.91 Å². The first kappa shape index (κ1) is 9.25. The Bertz CT molecular complexity index is 334. The van der Waals surface area contributed by atoms with Crippen LogP contribution < -0.4 is 5.73 Å². The second-order valence-corrected chi connectivity index (χ2v) is 2.55. The summed E-state index contributed by atoms with van der Waals surface area (Å²) in [6, 6.07) is 1.55. The fraction of sp³-hybridized carbons (Fsp3) is 0.111. The SMILES string of the molecule is NC(=O)CC=Cc1cncc(O)c1. The van der Waals surface area contributed by atoms with E-state index in [1.54, 1.807) is 24.4 Å². The minimum atomic E-state index is -0.385. The third-order valence-electron chi connectivity index (χ3n) is 1.37. The first-order valence-corrected chi connectivity index (χ1v) is 3.77. The van der Waals surface area contributed by atoms with Crippen molar-refractivity contribution in [3.8, 4) is 5.75 Å². The second kappa shape index (κ2) is 4.25. The highest BCUT2D eigenvalue weighted by Crippen LogP contribution is 2.09. The van der Waals surface area contributed by atoms with Gasteiger partial charge in [-0.25, -0.2) is 0 Å². The predicted molar refractivity (Wildman–Crippen MR) is 48.7 cm³/mol. The number of pyridine rings is 1. The Balaban J connectivity index is 2.63. The Morgan fingerprint density at radius 3 is 3.00 bits per heavy atom. The van der Waals surface area contributed by atoms with E-state index < -0.39 is 0 Å². The minimum absolute atomic E-state index is 0.0984. The molecule has 1 rings (SSSR count). The molecule has 68 valence electrons. The normalized spacial score (nSPS) is 10.5. The van der Waals surface area contributed by atoms with Crippen molar-refractivity contribution in [2.45, 2.75) is 6.42 Å². The van der Waals surface area contributed by atoms with Crippen LogP contribution in [0, 0.1) is 0 Å². The van der Waals surface area contributed by atoms with Crippen LogP contribution in [-0.2, 0) is 4.79 Å². The van der Waals surface area contributed by atoms with E-state index in [2.05, 4.69) is 4.98 Å². The molecule has 4 nitrogen and oxygen atoms in total. The van der Waals surface area contributed by atoms with Gasteiger partial charge in [0.15, 0.2) is 0 Å². The third-order valence-corrected chi connectivity index (χ3v) is 1.37. The van der Waals surface area contributed by atoms with Crippen molar-refractivity contribution in [1.82, 2.24) is 4.98 Å². The summed E-state index contributed by atoms with van der Waals surface area (Å²) >= 11 is 0. The summed E-state index contributed by atoms with van der Waals surface area (Å²) in [6.07, 6.45) is 6.41. The molecule has 0 aliphatic heterocycles. The van der Waals surface area contributed by atoms with Crippen molar-refractivity contribution in [3.05, 3.63) is 30.1 Å². The molecule has 0 bridgehead atoms. The molecule has 13 heavy (non-hydrogen) atoms. The van der Waals surface area contributed by atoms with Gasteiger partial charge < -0.3 is 10.8 Å². The van der Waals surface area contributed by atoms with Gasteiger partial charge in [0.05, 0.1) is 6.20 Å². The van der Waals surface area contributed by atoms with Crippen molar-refractivity contribution >= 4 is 12.0 Å². The highest BCUT2D eigenvalue weighted by Gasteiger charge is 1.91. The fourth-order valence-electron chi connectivity index (χ4n) is 0.847. The quantitative estimate of drug-likeness (QED) is 0.714. The highest BCUT2D eigenvalue weighted by atomic mass is 16.3. The van der Waals surface area contributed by atoms with Crippen LogP contribution >= 0.6 is 0 Å². The summed E-state index contributed by atoms with van der Waals surface area (Å²) in [7, 11) is 0. The number of hydrogen-bond donors (Lipinski definition) is 2. The largest absolute Gasteiger partial charge is 0.506 e. The summed E-state index contributed by atoms with van der Waals surface area (Å²) in [5.41, 5.74) is 5.67. The molecule has 0 aromatic carbocycles. The van der Waals surface area contributed by atoms with Crippen LogP contribution in [0.5, 0.6) is 5.75 Å². The van der Waals surface area contributed by atoms with E-state index >= 15 is 0 Å². The monoisotopic (exact) mass is 178 g/mol. The Labute approximate surface area is 75.7 Å². The number of aromatic hydroxyl groups is 1. The van der Waals surface area contributed by atoms with Gasteiger partial charge in [0.1, 0.15) is 5.75 Å². The average molecular weight is 178 g/mol. The molecule has 4 heteroatoms. The molecule has 0 aliphatic rings. The number of carbonyl (C=O) groups excluding carboxylic acids is 1. The Morgan fingerprint density at radius 1 is 1.62 bits per heavy atom. The summed E-state index contributed by atoms with van der Waals surface area (Å²) in [6.45, 7) is 0. The Kier molecular flexibility index (Phi) is 3.03. The van der Waals surface area contributed by atoms with Gasteiger partial charge in [-0.1, -0.05) is 12.2 Å². The van der Waals surface area contributed by atoms with E-state index in [0.717, 1.165) is 5.56 Å². The van der Waals surface area contributed by atoms with Crippen LogP contribution in [-0.4, -0.2) is 16.0 Å². The van der Waals surface area contributed by atoms with E-state index in [1.165, 1.54) is 6.20 Å². The van der Waals surface area contributed by atoms with Crippen molar-refractivity contribution < 1.29 is 9.90 Å². The van der Waals surface area contributed by atoms with E-state index in [9.17, 15) is 4.79 Å². The average Bonchev–Trinajstić information content (AvgIpc) is 2.03. The number of primary amides is 1. The van der Waals surface area contributed by atoms with E-state index in [0.29, 0.717) is 0 Å². The second-order valence-electron chi connectivity index (χ2n) is 2.55. The van der Waals surface area contributed by atoms with Gasteiger partial charge in [-0.2, -0.15) is 0 Å². The van der Waals surface area contributed by atoms with Gasteiger partial charge >= 0.3 is 0 Å². The first-order valence-electron chi connectivity index (χ1n) is 3.77. The number of nitrogens with two attached hydrogens (primary N) is 1. The van der Waals surface area contributed by atoms with Gasteiger partial charge in [-0.15, -0.1) is 0 Å². The highest BCUT2D eigenvalue weighted by molar-refractivity contribution is 5.76. The van der Waals surface area contributed by atoms with Gasteiger partial charge in [0, 0.05) is 12.6 Å². The number of aromatic nitrogens is 1. The smallest absolute Gasteiger partial charge is 0.221 e. The Hall–Kier alpha value is -1.84. The fourth-order valence-corrected chi connectivity index (χ4v) is 0.847. The van der Waals surface area contributed by atoms with Gasteiger partial charge in [-0.3, -0.25) is 9.78 Å². The molecule has 3 N–H and O–H groups in total. The van der Waals surface area contributed by atoms with Crippen LogP contribution in [0.25, 0.3) is 6.08 Å². The molecule has 0 atom stereocenters. The molecule has 1 amide bonds. The summed E-state index contributed by atoms with van der Waals surface area (Å²) in [4.78, 5) is 14.1. The maximum atomic E-state index is 10.4. The maximum absolute atomic E-state index is 10.4. The van der Waals surface area contributed by atoms with E-state index in [1.807, 2.05) is 0 Å². The van der Waals surface area contributed by atoms with Crippen molar-refractivity contribution in [3.63, 3.8) is 0 Å². The summed E-state index contributed by atoms with van der Waals surface area (Å²) < 4.78 is 0.